The Labute approximate surface area is 82.3 Å². The average Bonchev–Trinajstić information content (AvgIpc) is 2.65. The highest BCUT2D eigenvalue weighted by Crippen LogP contribution is 2.00. The van der Waals surface area contributed by atoms with Gasteiger partial charge in [-0.2, -0.15) is 15.4 Å². The Hall–Kier alpha value is -1.43. The third-order valence-electron chi connectivity index (χ3n) is 2.02. The molecule has 1 rings (SSSR count). The van der Waals surface area contributed by atoms with E-state index >= 15 is 0 Å². The quantitative estimate of drug-likeness (QED) is 0.607. The Kier molecular flexibility index (Phi) is 3.58. The van der Waals surface area contributed by atoms with Gasteiger partial charge in [0.15, 0.2) is 5.69 Å². The molecule has 0 spiro atoms. The van der Waals surface area contributed by atoms with Crippen LogP contribution in [0, 0.1) is 5.92 Å². The zero-order valence-electron chi connectivity index (χ0n) is 8.32. The van der Waals surface area contributed by atoms with Crippen molar-refractivity contribution in [3.63, 3.8) is 0 Å². The standard InChI is InChI=1S/C8H15N5O/c1-5(2)6(3-9)11-8(14)7-4-10-13-12-7/h4-6H,3,9H2,1-2H3,(H,11,14)(H,10,12,13). The Morgan fingerprint density at radius 3 is 2.86 bits per heavy atom. The number of carbonyl (C=O) groups is 1. The van der Waals surface area contributed by atoms with Gasteiger partial charge in [-0.25, -0.2) is 0 Å². The molecule has 1 amide bonds. The van der Waals surface area contributed by atoms with Crippen LogP contribution in [-0.2, 0) is 0 Å². The van der Waals surface area contributed by atoms with Crippen molar-refractivity contribution >= 4 is 5.91 Å². The van der Waals surface area contributed by atoms with Gasteiger partial charge in [0.05, 0.1) is 6.20 Å². The van der Waals surface area contributed by atoms with E-state index in [1.165, 1.54) is 6.20 Å². The molecule has 0 aliphatic carbocycles. The van der Waals surface area contributed by atoms with Crippen molar-refractivity contribution in [2.24, 2.45) is 11.7 Å². The zero-order chi connectivity index (χ0) is 10.6. The van der Waals surface area contributed by atoms with Crippen LogP contribution < -0.4 is 11.1 Å². The predicted octanol–water partition coefficient (Wildman–Crippen LogP) is -0.482. The van der Waals surface area contributed by atoms with Crippen molar-refractivity contribution in [3.8, 4) is 0 Å². The lowest BCUT2D eigenvalue weighted by Crippen LogP contribution is -2.43. The first kappa shape index (κ1) is 10.6. The third kappa shape index (κ3) is 2.53. The molecule has 0 saturated carbocycles. The molecule has 14 heavy (non-hydrogen) atoms. The Morgan fingerprint density at radius 2 is 2.43 bits per heavy atom. The monoisotopic (exact) mass is 197 g/mol. The molecular weight excluding hydrogens is 182 g/mol. The number of hydrogen-bond acceptors (Lipinski definition) is 4. The topological polar surface area (TPSA) is 96.7 Å². The van der Waals surface area contributed by atoms with Crippen molar-refractivity contribution in [1.82, 2.24) is 20.7 Å². The normalized spacial score (nSPS) is 12.9. The van der Waals surface area contributed by atoms with E-state index in [1.54, 1.807) is 0 Å². The number of nitrogens with zero attached hydrogens (tertiary/aromatic N) is 2. The number of H-pyrrole nitrogens is 1. The van der Waals surface area contributed by atoms with E-state index in [4.69, 9.17) is 5.73 Å². The van der Waals surface area contributed by atoms with E-state index in [9.17, 15) is 4.79 Å². The van der Waals surface area contributed by atoms with E-state index in [0.29, 0.717) is 12.5 Å². The van der Waals surface area contributed by atoms with Gasteiger partial charge in [0, 0.05) is 12.6 Å². The van der Waals surface area contributed by atoms with Crippen molar-refractivity contribution in [3.05, 3.63) is 11.9 Å². The van der Waals surface area contributed by atoms with Gasteiger partial charge in [-0.05, 0) is 5.92 Å². The van der Waals surface area contributed by atoms with E-state index in [2.05, 4.69) is 20.7 Å². The lowest BCUT2D eigenvalue weighted by atomic mass is 10.0. The van der Waals surface area contributed by atoms with Crippen LogP contribution in [0.5, 0.6) is 0 Å². The largest absolute Gasteiger partial charge is 0.346 e. The van der Waals surface area contributed by atoms with Gasteiger partial charge in [-0.1, -0.05) is 13.8 Å². The van der Waals surface area contributed by atoms with Gasteiger partial charge in [0.25, 0.3) is 5.91 Å². The number of aromatic amines is 1. The summed E-state index contributed by atoms with van der Waals surface area (Å²) in [6, 6.07) is -0.0285. The van der Waals surface area contributed by atoms with Crippen LogP contribution in [0.2, 0.25) is 0 Å². The predicted molar refractivity (Wildman–Crippen MR) is 51.5 cm³/mol. The maximum Gasteiger partial charge on any atom is 0.273 e. The Morgan fingerprint density at radius 1 is 1.71 bits per heavy atom. The second-order valence-corrected chi connectivity index (χ2v) is 3.41. The molecule has 1 heterocycles. The van der Waals surface area contributed by atoms with E-state index in [-0.39, 0.29) is 17.6 Å². The molecule has 0 fully saturated rings. The summed E-state index contributed by atoms with van der Waals surface area (Å²) in [5.74, 6) is 0.0544. The number of amides is 1. The molecule has 4 N–H and O–H groups in total. The number of nitrogens with two attached hydrogens (primary N) is 1. The molecule has 1 unspecified atom stereocenters. The summed E-state index contributed by atoms with van der Waals surface area (Å²) < 4.78 is 0. The van der Waals surface area contributed by atoms with Gasteiger partial charge in [-0.15, -0.1) is 0 Å². The third-order valence-corrected chi connectivity index (χ3v) is 2.02. The molecule has 1 aromatic heterocycles. The fourth-order valence-electron chi connectivity index (χ4n) is 1.05. The summed E-state index contributed by atoms with van der Waals surface area (Å²) in [5.41, 5.74) is 5.80. The van der Waals surface area contributed by atoms with Gasteiger partial charge < -0.3 is 11.1 Å². The van der Waals surface area contributed by atoms with E-state index in [1.807, 2.05) is 13.8 Å². The van der Waals surface area contributed by atoms with Crippen molar-refractivity contribution in [2.45, 2.75) is 19.9 Å². The fraction of sp³-hybridized carbons (Fsp3) is 0.625. The number of nitrogens with one attached hydrogen (secondary N) is 2. The molecule has 0 radical (unpaired) electrons. The number of aromatic nitrogens is 3. The SMILES string of the molecule is CC(C)C(CN)NC(=O)c1cn[nH]n1. The molecule has 6 heteroatoms. The number of hydrogen-bond donors (Lipinski definition) is 3. The second-order valence-electron chi connectivity index (χ2n) is 3.41. The van der Waals surface area contributed by atoms with Crippen molar-refractivity contribution < 1.29 is 4.79 Å². The summed E-state index contributed by atoms with van der Waals surface area (Å²) in [5, 5.41) is 12.4. The maximum absolute atomic E-state index is 11.5. The first-order chi connectivity index (χ1) is 6.65. The van der Waals surface area contributed by atoms with Crippen molar-refractivity contribution in [2.75, 3.05) is 6.54 Å². The molecule has 1 aromatic rings. The first-order valence-corrected chi connectivity index (χ1v) is 4.52. The van der Waals surface area contributed by atoms with Gasteiger partial charge in [0.1, 0.15) is 0 Å². The highest BCUT2D eigenvalue weighted by atomic mass is 16.2. The molecule has 0 aromatic carbocycles. The summed E-state index contributed by atoms with van der Waals surface area (Å²) in [6.45, 7) is 4.42. The number of rotatable bonds is 4. The molecule has 6 nitrogen and oxygen atoms in total. The number of carbonyl (C=O) groups excluding carboxylic acids is 1. The smallest absolute Gasteiger partial charge is 0.273 e. The maximum atomic E-state index is 11.5. The second kappa shape index (κ2) is 4.71. The van der Waals surface area contributed by atoms with Crippen LogP contribution >= 0.6 is 0 Å². The Bertz CT molecular complexity index is 282. The minimum atomic E-state index is -0.247. The highest BCUT2D eigenvalue weighted by Gasteiger charge is 2.16. The molecule has 0 bridgehead atoms. The van der Waals surface area contributed by atoms with Gasteiger partial charge in [-0.3, -0.25) is 4.79 Å². The van der Waals surface area contributed by atoms with E-state index in [0.717, 1.165) is 0 Å². The van der Waals surface area contributed by atoms with Crippen LogP contribution in [0.4, 0.5) is 0 Å². The van der Waals surface area contributed by atoms with E-state index < -0.39 is 0 Å². The fourth-order valence-corrected chi connectivity index (χ4v) is 1.05. The van der Waals surface area contributed by atoms with Crippen molar-refractivity contribution in [1.29, 1.82) is 0 Å². The lowest BCUT2D eigenvalue weighted by molar-refractivity contribution is 0.0922. The van der Waals surface area contributed by atoms with Crippen LogP contribution in [0.1, 0.15) is 24.3 Å². The summed E-state index contributed by atoms with van der Waals surface area (Å²) in [4.78, 5) is 11.5. The van der Waals surface area contributed by atoms with Gasteiger partial charge >= 0.3 is 0 Å². The Balaban J connectivity index is 2.56. The minimum Gasteiger partial charge on any atom is -0.346 e. The van der Waals surface area contributed by atoms with Gasteiger partial charge in [0.2, 0.25) is 0 Å². The average molecular weight is 197 g/mol. The van der Waals surface area contributed by atoms with Crippen LogP contribution in [0.25, 0.3) is 0 Å². The highest BCUT2D eigenvalue weighted by molar-refractivity contribution is 5.92. The molecular formula is C8H15N5O. The summed E-state index contributed by atoms with van der Waals surface area (Å²) in [6.07, 6.45) is 1.38. The molecule has 1 atom stereocenters. The van der Waals surface area contributed by atoms with Crippen LogP contribution in [0.3, 0.4) is 0 Å². The summed E-state index contributed by atoms with van der Waals surface area (Å²) >= 11 is 0. The van der Waals surface area contributed by atoms with Crippen LogP contribution in [-0.4, -0.2) is 33.9 Å². The van der Waals surface area contributed by atoms with Crippen LogP contribution in [0.15, 0.2) is 6.20 Å². The molecule has 0 aliphatic rings. The summed E-state index contributed by atoms with van der Waals surface area (Å²) in [7, 11) is 0. The minimum absolute atomic E-state index is 0.0285. The molecule has 0 aliphatic heterocycles. The molecule has 0 saturated heterocycles. The first-order valence-electron chi connectivity index (χ1n) is 4.52. The lowest BCUT2D eigenvalue weighted by Gasteiger charge is -2.19. The molecule has 78 valence electrons. The zero-order valence-corrected chi connectivity index (χ0v) is 8.32.